The standard InChI is InChI=1S/C61H117NO9/c1-3-5-7-9-11-13-15-17-18-19-20-21-22-23-24-25-26-27-28-29-30-31-32-33-34-35-36-37-38-40-42-44-46-48-50-55(65)60(69)62-53(52-70-61-59(68)58(67)57(66)56(51-63)71-61)54(64)49-47-45-43-41-39-16-14-12-10-8-6-4-2/h25-26,47,49,53-59,61,63-68H,3-24,27-46,48,50-52H2,1-2H3,(H,62,69)/b26-25-,49-47+. The van der Waals surface area contributed by atoms with Crippen LogP contribution in [-0.2, 0) is 14.3 Å². The Morgan fingerprint density at radius 1 is 0.479 bits per heavy atom. The van der Waals surface area contributed by atoms with Crippen molar-refractivity contribution in [2.75, 3.05) is 13.2 Å². The summed E-state index contributed by atoms with van der Waals surface area (Å²) in [6.07, 6.45) is 54.6. The van der Waals surface area contributed by atoms with E-state index in [9.17, 15) is 35.4 Å². The van der Waals surface area contributed by atoms with Crippen LogP contribution in [0.4, 0.5) is 0 Å². The minimum atomic E-state index is -1.61. The number of ether oxygens (including phenoxy) is 2. The third kappa shape index (κ3) is 39.7. The molecule has 10 heteroatoms. The first-order valence-corrected chi connectivity index (χ1v) is 30.7. The molecule has 0 radical (unpaired) electrons. The number of aliphatic hydroxyl groups excluding tert-OH is 6. The molecule has 0 aromatic heterocycles. The van der Waals surface area contributed by atoms with E-state index in [-0.39, 0.29) is 6.61 Å². The van der Waals surface area contributed by atoms with Gasteiger partial charge in [0.1, 0.15) is 30.5 Å². The van der Waals surface area contributed by atoms with E-state index in [1.54, 1.807) is 6.08 Å². The van der Waals surface area contributed by atoms with Crippen LogP contribution < -0.4 is 5.32 Å². The topological polar surface area (TPSA) is 169 Å². The van der Waals surface area contributed by atoms with Crippen molar-refractivity contribution in [3.8, 4) is 0 Å². The van der Waals surface area contributed by atoms with Crippen molar-refractivity contribution in [3.63, 3.8) is 0 Å². The molecule has 0 aliphatic carbocycles. The summed E-state index contributed by atoms with van der Waals surface area (Å²) in [6, 6.07) is -0.977. The third-order valence-corrected chi connectivity index (χ3v) is 14.9. The van der Waals surface area contributed by atoms with Gasteiger partial charge in [-0.25, -0.2) is 0 Å². The van der Waals surface area contributed by atoms with Gasteiger partial charge >= 0.3 is 0 Å². The van der Waals surface area contributed by atoms with E-state index in [2.05, 4.69) is 31.3 Å². The average Bonchev–Trinajstić information content (AvgIpc) is 3.37. The monoisotopic (exact) mass is 1010 g/mol. The highest BCUT2D eigenvalue weighted by atomic mass is 16.7. The normalized spacial score (nSPS) is 19.8. The number of hydrogen-bond acceptors (Lipinski definition) is 9. The molecule has 0 aromatic carbocycles. The SMILES string of the molecule is CCCCCCCCCCCC/C=C/C(O)C(COC1OC(CO)C(O)C(O)C1O)NC(=O)C(O)CCCCCCCCCCCCCCCCCC/C=C\CCCCCCCCCCCCCCCC. The molecule has 0 bridgehead atoms. The fourth-order valence-corrected chi connectivity index (χ4v) is 9.93. The molecule has 71 heavy (non-hydrogen) atoms. The minimum absolute atomic E-state index is 0.303. The van der Waals surface area contributed by atoms with Crippen molar-refractivity contribution in [1.82, 2.24) is 5.32 Å². The van der Waals surface area contributed by atoms with Crippen molar-refractivity contribution in [2.45, 2.75) is 345 Å². The molecule has 1 aliphatic rings. The van der Waals surface area contributed by atoms with Crippen molar-refractivity contribution in [3.05, 3.63) is 24.3 Å². The number of amides is 1. The van der Waals surface area contributed by atoms with Gasteiger partial charge in [-0.2, -0.15) is 0 Å². The van der Waals surface area contributed by atoms with Gasteiger partial charge in [0, 0.05) is 0 Å². The Morgan fingerprint density at radius 3 is 1.18 bits per heavy atom. The molecule has 1 saturated heterocycles. The van der Waals surface area contributed by atoms with Crippen molar-refractivity contribution in [1.29, 1.82) is 0 Å². The van der Waals surface area contributed by atoms with Crippen molar-refractivity contribution >= 4 is 5.91 Å². The van der Waals surface area contributed by atoms with Crippen molar-refractivity contribution in [2.24, 2.45) is 0 Å². The van der Waals surface area contributed by atoms with Gasteiger partial charge in [0.2, 0.25) is 5.91 Å². The molecule has 0 aromatic rings. The Morgan fingerprint density at radius 2 is 0.817 bits per heavy atom. The zero-order valence-electron chi connectivity index (χ0n) is 46.4. The predicted octanol–water partition coefficient (Wildman–Crippen LogP) is 14.3. The molecule has 1 aliphatic heterocycles. The summed E-state index contributed by atoms with van der Waals surface area (Å²) < 4.78 is 11.2. The predicted molar refractivity (Wildman–Crippen MR) is 296 cm³/mol. The molecule has 0 spiro atoms. The van der Waals surface area contributed by atoms with Gasteiger partial charge in [0.15, 0.2) is 6.29 Å². The number of unbranched alkanes of at least 4 members (excludes halogenated alkanes) is 40. The van der Waals surface area contributed by atoms with E-state index >= 15 is 0 Å². The molecule has 1 amide bonds. The van der Waals surface area contributed by atoms with E-state index in [1.165, 1.54) is 231 Å². The van der Waals surface area contributed by atoms with Crippen LogP contribution in [-0.4, -0.2) is 98.7 Å². The Bertz CT molecular complexity index is 1190. The third-order valence-electron chi connectivity index (χ3n) is 14.9. The molecule has 1 rings (SSSR count). The van der Waals surface area contributed by atoms with Gasteiger partial charge in [0.05, 0.1) is 25.4 Å². The Kier molecular flexibility index (Phi) is 48.4. The summed E-state index contributed by atoms with van der Waals surface area (Å²) in [7, 11) is 0. The summed E-state index contributed by atoms with van der Waals surface area (Å²) in [4.78, 5) is 13.1. The van der Waals surface area contributed by atoms with Crippen LogP contribution in [0.5, 0.6) is 0 Å². The molecule has 1 heterocycles. The number of allylic oxidation sites excluding steroid dienone is 3. The second kappa shape index (κ2) is 50.8. The maximum absolute atomic E-state index is 13.1. The van der Waals surface area contributed by atoms with Crippen LogP contribution >= 0.6 is 0 Å². The molecule has 8 atom stereocenters. The number of carbonyl (C=O) groups excluding carboxylic acids is 1. The maximum Gasteiger partial charge on any atom is 0.249 e. The zero-order chi connectivity index (χ0) is 51.7. The van der Waals surface area contributed by atoms with Gasteiger partial charge < -0.3 is 45.4 Å². The second-order valence-electron chi connectivity index (χ2n) is 21.6. The number of hydrogen-bond donors (Lipinski definition) is 7. The minimum Gasteiger partial charge on any atom is -0.394 e. The molecule has 0 saturated carbocycles. The van der Waals surface area contributed by atoms with Crippen LogP contribution in [0, 0.1) is 0 Å². The molecular weight excluding hydrogens is 891 g/mol. The highest BCUT2D eigenvalue weighted by molar-refractivity contribution is 5.80. The smallest absolute Gasteiger partial charge is 0.249 e. The fourth-order valence-electron chi connectivity index (χ4n) is 9.93. The second-order valence-corrected chi connectivity index (χ2v) is 21.6. The van der Waals surface area contributed by atoms with Gasteiger partial charge in [0.25, 0.3) is 0 Å². The first kappa shape index (κ1) is 67.6. The molecule has 1 fully saturated rings. The lowest BCUT2D eigenvalue weighted by atomic mass is 9.99. The number of carbonyl (C=O) groups is 1. The maximum atomic E-state index is 13.1. The van der Waals surface area contributed by atoms with Gasteiger partial charge in [-0.3, -0.25) is 4.79 Å². The van der Waals surface area contributed by atoms with E-state index in [0.717, 1.165) is 44.9 Å². The van der Waals surface area contributed by atoms with E-state index in [4.69, 9.17) is 9.47 Å². The number of nitrogens with one attached hydrogen (secondary N) is 1. The van der Waals surface area contributed by atoms with Crippen LogP contribution in [0.2, 0.25) is 0 Å². The highest BCUT2D eigenvalue weighted by Gasteiger charge is 2.44. The van der Waals surface area contributed by atoms with E-state index in [1.807, 2.05) is 6.08 Å². The molecule has 7 N–H and O–H groups in total. The molecule has 10 nitrogen and oxygen atoms in total. The lowest BCUT2D eigenvalue weighted by Crippen LogP contribution is -2.60. The Labute approximate surface area is 437 Å². The largest absolute Gasteiger partial charge is 0.394 e. The fraction of sp³-hybridized carbons (Fsp3) is 0.918. The van der Waals surface area contributed by atoms with E-state index < -0.39 is 61.5 Å². The van der Waals surface area contributed by atoms with Gasteiger partial charge in [-0.1, -0.05) is 276 Å². The average molecular weight is 1010 g/mol. The quantitative estimate of drug-likeness (QED) is 0.0232. The lowest BCUT2D eigenvalue weighted by Gasteiger charge is -2.40. The highest BCUT2D eigenvalue weighted by Crippen LogP contribution is 2.23. The Hall–Kier alpha value is -1.37. The summed E-state index contributed by atoms with van der Waals surface area (Å²) in [5.41, 5.74) is 0. The lowest BCUT2D eigenvalue weighted by molar-refractivity contribution is -0.302. The van der Waals surface area contributed by atoms with Crippen LogP contribution in [0.3, 0.4) is 0 Å². The van der Waals surface area contributed by atoms with E-state index in [0.29, 0.717) is 6.42 Å². The zero-order valence-corrected chi connectivity index (χ0v) is 46.4. The summed E-state index contributed by atoms with van der Waals surface area (Å²) in [5.74, 6) is -0.613. The van der Waals surface area contributed by atoms with Crippen molar-refractivity contribution < 1.29 is 44.9 Å². The van der Waals surface area contributed by atoms with Gasteiger partial charge in [-0.15, -0.1) is 0 Å². The van der Waals surface area contributed by atoms with Crippen LogP contribution in [0.15, 0.2) is 24.3 Å². The number of aliphatic hydroxyl groups is 6. The molecular formula is C61H117NO9. The summed E-state index contributed by atoms with van der Waals surface area (Å²) in [5, 5.41) is 64.9. The van der Waals surface area contributed by atoms with Crippen LogP contribution in [0.1, 0.15) is 296 Å². The molecule has 8 unspecified atom stereocenters. The number of rotatable bonds is 53. The first-order valence-electron chi connectivity index (χ1n) is 30.7. The van der Waals surface area contributed by atoms with Crippen LogP contribution in [0.25, 0.3) is 0 Å². The molecule has 420 valence electrons. The summed E-state index contributed by atoms with van der Waals surface area (Å²) >= 11 is 0. The summed E-state index contributed by atoms with van der Waals surface area (Å²) in [6.45, 7) is 3.63. The first-order chi connectivity index (χ1) is 34.8. The Balaban J connectivity index is 2.11. The van der Waals surface area contributed by atoms with Gasteiger partial charge in [-0.05, 0) is 44.9 Å².